The van der Waals surface area contributed by atoms with E-state index in [0.717, 1.165) is 22.0 Å². The van der Waals surface area contributed by atoms with E-state index in [4.69, 9.17) is 41.2 Å². The van der Waals surface area contributed by atoms with Crippen LogP contribution < -0.4 is 11.1 Å². The van der Waals surface area contributed by atoms with Gasteiger partial charge >= 0.3 is 0 Å². The Kier molecular flexibility index (Phi) is 4.30. The third kappa shape index (κ3) is 3.18. The van der Waals surface area contributed by atoms with Gasteiger partial charge in [0.1, 0.15) is 4.99 Å². The average Bonchev–Trinajstić information content (AvgIpc) is 2.34. The molecule has 0 amide bonds. The van der Waals surface area contributed by atoms with Crippen LogP contribution in [0.15, 0.2) is 36.4 Å². The van der Waals surface area contributed by atoms with Crippen molar-refractivity contribution in [1.82, 2.24) is 0 Å². The minimum Gasteiger partial charge on any atom is -0.389 e. The van der Waals surface area contributed by atoms with E-state index in [1.807, 2.05) is 31.2 Å². The lowest BCUT2D eigenvalue weighted by atomic mass is 10.1. The Morgan fingerprint density at radius 2 is 1.89 bits per heavy atom. The van der Waals surface area contributed by atoms with Gasteiger partial charge in [-0.2, -0.15) is 0 Å². The number of thiocarbonyl (C=S) groups is 1. The van der Waals surface area contributed by atoms with Crippen molar-refractivity contribution in [1.29, 1.82) is 0 Å². The van der Waals surface area contributed by atoms with Gasteiger partial charge < -0.3 is 11.1 Å². The molecule has 2 aromatic rings. The topological polar surface area (TPSA) is 38.0 Å². The molecule has 0 fully saturated rings. The summed E-state index contributed by atoms with van der Waals surface area (Å²) in [6.07, 6.45) is 0. The molecule has 3 N–H and O–H groups in total. The highest BCUT2D eigenvalue weighted by Crippen LogP contribution is 2.28. The molecule has 98 valence electrons. The molecule has 19 heavy (non-hydrogen) atoms. The van der Waals surface area contributed by atoms with Crippen LogP contribution in [0.1, 0.15) is 11.1 Å². The predicted octanol–water partition coefficient (Wildman–Crippen LogP) is 4.68. The summed E-state index contributed by atoms with van der Waals surface area (Å²) in [6, 6.07) is 11.2. The maximum atomic E-state index is 6.13. The highest BCUT2D eigenvalue weighted by atomic mass is 35.5. The second-order valence-electron chi connectivity index (χ2n) is 4.10. The lowest BCUT2D eigenvalue weighted by molar-refractivity contribution is 1.43. The van der Waals surface area contributed by atoms with Crippen LogP contribution in [0.25, 0.3) is 0 Å². The van der Waals surface area contributed by atoms with Gasteiger partial charge in [-0.1, -0.05) is 41.5 Å². The monoisotopic (exact) mass is 310 g/mol. The zero-order chi connectivity index (χ0) is 14.0. The van der Waals surface area contributed by atoms with Crippen LogP contribution in [-0.2, 0) is 0 Å². The second-order valence-corrected chi connectivity index (χ2v) is 5.35. The van der Waals surface area contributed by atoms with Crippen molar-refractivity contribution in [2.75, 3.05) is 5.32 Å². The van der Waals surface area contributed by atoms with Gasteiger partial charge in [-0.15, -0.1) is 0 Å². The van der Waals surface area contributed by atoms with Crippen LogP contribution in [0.2, 0.25) is 10.0 Å². The van der Waals surface area contributed by atoms with Crippen molar-refractivity contribution < 1.29 is 0 Å². The zero-order valence-corrected chi connectivity index (χ0v) is 12.5. The van der Waals surface area contributed by atoms with Gasteiger partial charge in [-0.3, -0.25) is 0 Å². The summed E-state index contributed by atoms with van der Waals surface area (Å²) in [7, 11) is 0. The van der Waals surface area contributed by atoms with Gasteiger partial charge in [0.2, 0.25) is 0 Å². The number of hydrogen-bond acceptors (Lipinski definition) is 2. The van der Waals surface area contributed by atoms with Gasteiger partial charge in [0.15, 0.2) is 0 Å². The molecule has 0 saturated heterocycles. The van der Waals surface area contributed by atoms with E-state index in [1.54, 1.807) is 12.1 Å². The smallest absolute Gasteiger partial charge is 0.105 e. The molecule has 0 atom stereocenters. The summed E-state index contributed by atoms with van der Waals surface area (Å²) in [5.74, 6) is 0. The van der Waals surface area contributed by atoms with E-state index < -0.39 is 0 Å². The highest BCUT2D eigenvalue weighted by Gasteiger charge is 2.06. The molecule has 0 saturated carbocycles. The number of halogens is 2. The molecule has 0 aliphatic carbocycles. The van der Waals surface area contributed by atoms with Crippen molar-refractivity contribution in [2.45, 2.75) is 6.92 Å². The minimum absolute atomic E-state index is 0.287. The number of anilines is 2. The van der Waals surface area contributed by atoms with Gasteiger partial charge in [-0.25, -0.2) is 0 Å². The van der Waals surface area contributed by atoms with Gasteiger partial charge in [0.05, 0.1) is 5.02 Å². The Hall–Kier alpha value is -1.29. The SMILES string of the molecule is Cc1c(Cl)cccc1Nc1ccc(C(N)=S)c(Cl)c1. The van der Waals surface area contributed by atoms with Crippen LogP contribution in [0.4, 0.5) is 11.4 Å². The number of nitrogens with two attached hydrogens (primary N) is 1. The molecule has 2 rings (SSSR count). The van der Waals surface area contributed by atoms with Crippen LogP contribution in [0.3, 0.4) is 0 Å². The second kappa shape index (κ2) is 5.78. The van der Waals surface area contributed by atoms with Crippen LogP contribution >= 0.6 is 35.4 Å². The molecule has 0 bridgehead atoms. The first-order valence-corrected chi connectivity index (χ1v) is 6.77. The summed E-state index contributed by atoms with van der Waals surface area (Å²) in [5.41, 5.74) is 9.02. The van der Waals surface area contributed by atoms with Crippen molar-refractivity contribution in [2.24, 2.45) is 5.73 Å². The Morgan fingerprint density at radius 1 is 1.16 bits per heavy atom. The van der Waals surface area contributed by atoms with E-state index >= 15 is 0 Å². The van der Waals surface area contributed by atoms with Gasteiger partial charge in [0, 0.05) is 22.0 Å². The minimum atomic E-state index is 0.287. The number of rotatable bonds is 3. The standard InChI is InChI=1S/C14H12Cl2N2S/c1-8-11(15)3-2-4-13(8)18-9-5-6-10(14(17)19)12(16)7-9/h2-7,18H,1H3,(H2,17,19). The van der Waals surface area contributed by atoms with Crippen molar-refractivity contribution in [3.05, 3.63) is 57.6 Å². The lowest BCUT2D eigenvalue weighted by Gasteiger charge is -2.12. The van der Waals surface area contributed by atoms with E-state index in [0.29, 0.717) is 10.6 Å². The van der Waals surface area contributed by atoms with E-state index in [2.05, 4.69) is 5.32 Å². The van der Waals surface area contributed by atoms with Gasteiger partial charge in [0.25, 0.3) is 0 Å². The normalized spacial score (nSPS) is 10.3. The molecule has 5 heteroatoms. The van der Waals surface area contributed by atoms with Crippen LogP contribution in [-0.4, -0.2) is 4.99 Å². The molecule has 0 aromatic heterocycles. The fourth-order valence-electron chi connectivity index (χ4n) is 1.69. The summed E-state index contributed by atoms with van der Waals surface area (Å²) in [5, 5.41) is 4.51. The Bertz CT molecular complexity index is 641. The van der Waals surface area contributed by atoms with E-state index in [9.17, 15) is 0 Å². The molecule has 0 aliphatic heterocycles. The first-order valence-electron chi connectivity index (χ1n) is 5.60. The third-order valence-corrected chi connectivity index (χ3v) is 3.72. The molecular weight excluding hydrogens is 299 g/mol. The first-order chi connectivity index (χ1) is 8.99. The van der Waals surface area contributed by atoms with E-state index in [-0.39, 0.29) is 4.99 Å². The summed E-state index contributed by atoms with van der Waals surface area (Å²) in [6.45, 7) is 1.95. The fourth-order valence-corrected chi connectivity index (χ4v) is 2.38. The van der Waals surface area contributed by atoms with E-state index in [1.165, 1.54) is 0 Å². The molecule has 0 heterocycles. The predicted molar refractivity (Wildman–Crippen MR) is 86.8 cm³/mol. The van der Waals surface area contributed by atoms with Crippen molar-refractivity contribution >= 4 is 51.8 Å². The molecule has 2 nitrogen and oxygen atoms in total. The van der Waals surface area contributed by atoms with Crippen molar-refractivity contribution in [3.63, 3.8) is 0 Å². The average molecular weight is 311 g/mol. The Balaban J connectivity index is 2.32. The Morgan fingerprint density at radius 3 is 2.53 bits per heavy atom. The first kappa shape index (κ1) is 14.1. The number of nitrogens with one attached hydrogen (secondary N) is 1. The van der Waals surface area contributed by atoms with Gasteiger partial charge in [-0.05, 0) is 42.8 Å². The quantitative estimate of drug-likeness (QED) is 0.808. The largest absolute Gasteiger partial charge is 0.389 e. The molecular formula is C14H12Cl2N2S. The van der Waals surface area contributed by atoms with Crippen LogP contribution in [0.5, 0.6) is 0 Å². The maximum Gasteiger partial charge on any atom is 0.105 e. The molecule has 0 radical (unpaired) electrons. The lowest BCUT2D eigenvalue weighted by Crippen LogP contribution is -2.10. The summed E-state index contributed by atoms with van der Waals surface area (Å²) < 4.78 is 0. The van der Waals surface area contributed by atoms with Crippen molar-refractivity contribution in [3.8, 4) is 0 Å². The molecule has 0 unspecified atom stereocenters. The Labute approximate surface area is 127 Å². The summed E-state index contributed by atoms with van der Waals surface area (Å²) >= 11 is 17.1. The summed E-state index contributed by atoms with van der Waals surface area (Å²) in [4.78, 5) is 0.287. The number of hydrogen-bond donors (Lipinski definition) is 2. The third-order valence-electron chi connectivity index (χ3n) is 2.78. The maximum absolute atomic E-state index is 6.13. The molecule has 2 aromatic carbocycles. The molecule has 0 aliphatic rings. The number of benzene rings is 2. The fraction of sp³-hybridized carbons (Fsp3) is 0.0714. The molecule has 0 spiro atoms. The highest BCUT2D eigenvalue weighted by molar-refractivity contribution is 7.80. The zero-order valence-electron chi connectivity index (χ0n) is 10.2. The van der Waals surface area contributed by atoms with Crippen LogP contribution in [0, 0.1) is 6.92 Å².